The molecule has 7 nitrogen and oxygen atoms in total. The molecule has 1 aromatic heterocycles. The van der Waals surface area contributed by atoms with E-state index in [0.717, 1.165) is 36.4 Å². The highest BCUT2D eigenvalue weighted by Crippen LogP contribution is 2.38. The minimum atomic E-state index is -2.93. The van der Waals surface area contributed by atoms with E-state index in [4.69, 9.17) is 14.0 Å². The Hall–Kier alpha value is -3.20. The lowest BCUT2D eigenvalue weighted by Gasteiger charge is -2.25. The van der Waals surface area contributed by atoms with Gasteiger partial charge in [0.05, 0.1) is 12.1 Å². The molecule has 1 atom stereocenters. The minimum absolute atomic E-state index is 0.0141. The molecule has 2 aromatic carbocycles. The van der Waals surface area contributed by atoms with Crippen molar-refractivity contribution in [2.24, 2.45) is 0 Å². The van der Waals surface area contributed by atoms with Crippen molar-refractivity contribution in [3.63, 3.8) is 0 Å². The summed E-state index contributed by atoms with van der Waals surface area (Å²) in [6, 6.07) is 12.6. The van der Waals surface area contributed by atoms with Crippen LogP contribution in [0.2, 0.25) is 0 Å². The predicted molar refractivity (Wildman–Crippen MR) is 106 cm³/mol. The Bertz CT molecular complexity index is 1060. The Morgan fingerprint density at radius 1 is 1.10 bits per heavy atom. The van der Waals surface area contributed by atoms with Crippen LogP contribution in [0.4, 0.5) is 8.78 Å². The zero-order valence-electron chi connectivity index (χ0n) is 16.7. The first-order valence-corrected chi connectivity index (χ1v) is 10.2. The minimum Gasteiger partial charge on any atom is -0.486 e. The maximum Gasteiger partial charge on any atom is 0.387 e. The topological polar surface area (TPSA) is 69.9 Å². The maximum absolute atomic E-state index is 12.7. The number of rotatable bonds is 6. The highest BCUT2D eigenvalue weighted by Gasteiger charge is 2.29. The van der Waals surface area contributed by atoms with Crippen LogP contribution in [-0.4, -0.2) is 41.4 Å². The zero-order chi connectivity index (χ0) is 21.2. The SMILES string of the molecule is FC(F)Oc1ccccc1-c1noc(CN2CCCC2c2ccc3c(c2)OCCO3)n1. The standard InChI is InChI=1S/C22H21F2N3O4/c23-22(24)30-17-6-2-1-4-15(17)21-25-20(31-26-21)13-27-9-3-5-16(27)14-7-8-18-19(12-14)29-11-10-28-18/h1-2,4,6-8,12,16,22H,3,5,9-11,13H2. The molecule has 1 unspecified atom stereocenters. The van der Waals surface area contributed by atoms with Crippen LogP contribution in [0.25, 0.3) is 11.4 Å². The number of para-hydroxylation sites is 1. The van der Waals surface area contributed by atoms with E-state index in [-0.39, 0.29) is 17.6 Å². The summed E-state index contributed by atoms with van der Waals surface area (Å²) < 4.78 is 46.7. The fourth-order valence-corrected chi connectivity index (χ4v) is 4.11. The molecule has 0 radical (unpaired) electrons. The number of nitrogens with zero attached hydrogens (tertiary/aromatic N) is 3. The maximum atomic E-state index is 12.7. The number of hydrogen-bond acceptors (Lipinski definition) is 7. The summed E-state index contributed by atoms with van der Waals surface area (Å²) >= 11 is 0. The molecule has 0 amide bonds. The largest absolute Gasteiger partial charge is 0.486 e. The van der Waals surface area contributed by atoms with Crippen LogP contribution in [0, 0.1) is 0 Å². The number of aromatic nitrogens is 2. The van der Waals surface area contributed by atoms with Crippen molar-refractivity contribution in [3.05, 3.63) is 53.9 Å². The van der Waals surface area contributed by atoms with Gasteiger partial charge in [0, 0.05) is 6.04 Å². The summed E-state index contributed by atoms with van der Waals surface area (Å²) in [4.78, 5) is 6.69. The van der Waals surface area contributed by atoms with E-state index in [1.54, 1.807) is 18.2 Å². The summed E-state index contributed by atoms with van der Waals surface area (Å²) in [5.41, 5.74) is 1.51. The molecule has 0 N–H and O–H groups in total. The Kier molecular flexibility index (Phi) is 5.42. The van der Waals surface area contributed by atoms with Gasteiger partial charge >= 0.3 is 6.61 Å². The van der Waals surface area contributed by atoms with Crippen LogP contribution in [0.15, 0.2) is 47.0 Å². The van der Waals surface area contributed by atoms with Gasteiger partial charge in [0.2, 0.25) is 11.7 Å². The molecular formula is C22H21F2N3O4. The fraction of sp³-hybridized carbons (Fsp3) is 0.364. The van der Waals surface area contributed by atoms with Gasteiger partial charge in [-0.15, -0.1) is 0 Å². The number of halogens is 2. The van der Waals surface area contributed by atoms with E-state index < -0.39 is 6.61 Å². The van der Waals surface area contributed by atoms with E-state index in [2.05, 4.69) is 25.8 Å². The average molecular weight is 429 g/mol. The van der Waals surface area contributed by atoms with E-state index in [1.165, 1.54) is 6.07 Å². The molecule has 1 fully saturated rings. The number of hydrogen-bond donors (Lipinski definition) is 0. The van der Waals surface area contributed by atoms with Gasteiger partial charge < -0.3 is 18.7 Å². The number of alkyl halides is 2. The molecule has 31 heavy (non-hydrogen) atoms. The van der Waals surface area contributed by atoms with Crippen molar-refractivity contribution < 1.29 is 27.5 Å². The summed E-state index contributed by atoms with van der Waals surface area (Å²) in [6.45, 7) is -0.464. The smallest absolute Gasteiger partial charge is 0.387 e. The molecule has 0 aliphatic carbocycles. The first-order chi connectivity index (χ1) is 15.2. The molecule has 2 aliphatic rings. The van der Waals surface area contributed by atoms with Gasteiger partial charge in [0.15, 0.2) is 11.5 Å². The summed E-state index contributed by atoms with van der Waals surface area (Å²) in [7, 11) is 0. The molecule has 3 aromatic rings. The van der Waals surface area contributed by atoms with Gasteiger partial charge in [-0.05, 0) is 49.2 Å². The highest BCUT2D eigenvalue weighted by molar-refractivity contribution is 5.63. The Morgan fingerprint density at radius 3 is 2.81 bits per heavy atom. The molecule has 0 bridgehead atoms. The van der Waals surface area contributed by atoms with Crippen molar-refractivity contribution in [3.8, 4) is 28.6 Å². The molecule has 5 rings (SSSR count). The fourth-order valence-electron chi connectivity index (χ4n) is 4.11. The summed E-state index contributed by atoms with van der Waals surface area (Å²) in [5, 5.41) is 3.98. The second-order valence-electron chi connectivity index (χ2n) is 7.42. The quantitative estimate of drug-likeness (QED) is 0.574. The molecule has 0 spiro atoms. The van der Waals surface area contributed by atoms with Gasteiger partial charge in [0.1, 0.15) is 19.0 Å². The summed E-state index contributed by atoms with van der Waals surface area (Å²) in [6.07, 6.45) is 2.05. The van der Waals surface area contributed by atoms with Crippen LogP contribution < -0.4 is 14.2 Å². The second kappa shape index (κ2) is 8.50. The Balaban J connectivity index is 1.33. The average Bonchev–Trinajstić information content (AvgIpc) is 3.43. The number of ether oxygens (including phenoxy) is 3. The third kappa shape index (κ3) is 4.18. The van der Waals surface area contributed by atoms with E-state index in [0.29, 0.717) is 31.2 Å². The van der Waals surface area contributed by atoms with Crippen molar-refractivity contribution in [1.82, 2.24) is 15.0 Å². The van der Waals surface area contributed by atoms with Crippen molar-refractivity contribution >= 4 is 0 Å². The first kappa shape index (κ1) is 19.7. The van der Waals surface area contributed by atoms with Crippen molar-refractivity contribution in [1.29, 1.82) is 0 Å². The Labute approximate surface area is 177 Å². The zero-order valence-corrected chi connectivity index (χ0v) is 16.7. The molecule has 2 aliphatic heterocycles. The summed E-state index contributed by atoms with van der Waals surface area (Å²) in [5.74, 6) is 2.20. The lowest BCUT2D eigenvalue weighted by atomic mass is 10.0. The molecule has 0 saturated carbocycles. The van der Waals surface area contributed by atoms with Crippen LogP contribution in [0.5, 0.6) is 17.2 Å². The lowest BCUT2D eigenvalue weighted by Crippen LogP contribution is -2.23. The monoisotopic (exact) mass is 429 g/mol. The van der Waals surface area contributed by atoms with Crippen LogP contribution in [-0.2, 0) is 6.54 Å². The lowest BCUT2D eigenvalue weighted by molar-refractivity contribution is -0.0494. The van der Waals surface area contributed by atoms with Gasteiger partial charge in [-0.2, -0.15) is 13.8 Å². The van der Waals surface area contributed by atoms with Gasteiger partial charge in [-0.25, -0.2) is 0 Å². The van der Waals surface area contributed by atoms with Gasteiger partial charge in [-0.3, -0.25) is 4.90 Å². The highest BCUT2D eigenvalue weighted by atomic mass is 19.3. The van der Waals surface area contributed by atoms with E-state index >= 15 is 0 Å². The normalized spacial score (nSPS) is 18.5. The van der Waals surface area contributed by atoms with E-state index in [1.807, 2.05) is 12.1 Å². The van der Waals surface area contributed by atoms with Crippen LogP contribution in [0.1, 0.15) is 30.3 Å². The van der Waals surface area contributed by atoms with Gasteiger partial charge in [0.25, 0.3) is 0 Å². The van der Waals surface area contributed by atoms with Crippen LogP contribution in [0.3, 0.4) is 0 Å². The van der Waals surface area contributed by atoms with Crippen molar-refractivity contribution in [2.45, 2.75) is 32.0 Å². The number of likely N-dealkylation sites (tertiary alicyclic amines) is 1. The third-order valence-electron chi connectivity index (χ3n) is 5.47. The predicted octanol–water partition coefficient (Wildman–Crippen LogP) is 4.45. The number of fused-ring (bicyclic) bond motifs is 1. The molecule has 162 valence electrons. The second-order valence-corrected chi connectivity index (χ2v) is 7.42. The molecule has 1 saturated heterocycles. The Morgan fingerprint density at radius 2 is 1.94 bits per heavy atom. The van der Waals surface area contributed by atoms with Gasteiger partial charge in [-0.1, -0.05) is 23.4 Å². The molecular weight excluding hydrogens is 408 g/mol. The van der Waals surface area contributed by atoms with Crippen LogP contribution >= 0.6 is 0 Å². The number of benzene rings is 2. The third-order valence-corrected chi connectivity index (χ3v) is 5.47. The molecule has 3 heterocycles. The van der Waals surface area contributed by atoms with Crippen molar-refractivity contribution in [2.75, 3.05) is 19.8 Å². The van der Waals surface area contributed by atoms with E-state index in [9.17, 15) is 8.78 Å². The molecule has 9 heteroatoms. The first-order valence-electron chi connectivity index (χ1n) is 10.2.